The number of amides is 1. The quantitative estimate of drug-likeness (QED) is 0.690. The van der Waals surface area contributed by atoms with Gasteiger partial charge < -0.3 is 10.1 Å². The van der Waals surface area contributed by atoms with Crippen molar-refractivity contribution >= 4 is 15.9 Å². The van der Waals surface area contributed by atoms with Crippen LogP contribution in [0.1, 0.15) is 36.0 Å². The highest BCUT2D eigenvalue weighted by Crippen LogP contribution is 2.24. The topological polar surface area (TPSA) is 79.0 Å². The predicted molar refractivity (Wildman–Crippen MR) is 109 cm³/mol. The third-order valence-corrected chi connectivity index (χ3v) is 7.06. The molecule has 2 aliphatic heterocycles. The zero-order valence-electron chi connectivity index (χ0n) is 17.1. The van der Waals surface area contributed by atoms with E-state index in [0.717, 1.165) is 37.8 Å². The second-order valence-corrected chi connectivity index (χ2v) is 9.86. The van der Waals surface area contributed by atoms with Crippen LogP contribution in [0.5, 0.6) is 0 Å². The zero-order chi connectivity index (χ0) is 21.7. The molecule has 168 valence electrons. The summed E-state index contributed by atoms with van der Waals surface area (Å²) in [7, 11) is -3.26. The number of hydrogen-bond donors (Lipinski definition) is 1. The van der Waals surface area contributed by atoms with Gasteiger partial charge in [-0.2, -0.15) is 0 Å². The SMILES string of the molecule is CS(=O)(=O)N1CCCC(N(CCNC(=O)c2ccc(F)cc2F)C2CCOCC2)C1. The number of piperidine rings is 1. The van der Waals surface area contributed by atoms with E-state index in [2.05, 4.69) is 10.2 Å². The number of rotatable bonds is 7. The predicted octanol–water partition coefficient (Wildman–Crippen LogP) is 1.60. The molecule has 7 nitrogen and oxygen atoms in total. The van der Waals surface area contributed by atoms with Crippen molar-refractivity contribution in [2.24, 2.45) is 0 Å². The van der Waals surface area contributed by atoms with Crippen molar-refractivity contribution in [3.8, 4) is 0 Å². The van der Waals surface area contributed by atoms with Crippen molar-refractivity contribution in [2.75, 3.05) is 45.6 Å². The molecule has 2 heterocycles. The summed E-state index contributed by atoms with van der Waals surface area (Å²) in [5.74, 6) is -2.23. The highest BCUT2D eigenvalue weighted by Gasteiger charge is 2.33. The van der Waals surface area contributed by atoms with E-state index < -0.39 is 27.6 Å². The Balaban J connectivity index is 1.65. The number of halogens is 2. The van der Waals surface area contributed by atoms with Crippen molar-refractivity contribution in [3.63, 3.8) is 0 Å². The average molecular weight is 446 g/mol. The number of carbonyl (C=O) groups is 1. The summed E-state index contributed by atoms with van der Waals surface area (Å²) in [6, 6.07) is 3.15. The van der Waals surface area contributed by atoms with Gasteiger partial charge >= 0.3 is 0 Å². The van der Waals surface area contributed by atoms with Crippen molar-refractivity contribution < 1.29 is 26.7 Å². The molecule has 10 heteroatoms. The lowest BCUT2D eigenvalue weighted by molar-refractivity contribution is 0.00672. The Morgan fingerprint density at radius 3 is 2.63 bits per heavy atom. The second-order valence-electron chi connectivity index (χ2n) is 7.88. The molecule has 0 bridgehead atoms. The molecule has 1 unspecified atom stereocenters. The lowest BCUT2D eigenvalue weighted by Gasteiger charge is -2.43. The fourth-order valence-corrected chi connectivity index (χ4v) is 5.14. The van der Waals surface area contributed by atoms with Crippen LogP contribution in [0.25, 0.3) is 0 Å². The van der Waals surface area contributed by atoms with Gasteiger partial charge in [-0.1, -0.05) is 0 Å². The van der Waals surface area contributed by atoms with Gasteiger partial charge in [0.25, 0.3) is 5.91 Å². The fourth-order valence-electron chi connectivity index (χ4n) is 4.24. The van der Waals surface area contributed by atoms with Crippen LogP contribution in [0, 0.1) is 11.6 Å². The van der Waals surface area contributed by atoms with Crippen LogP contribution in [0.15, 0.2) is 18.2 Å². The summed E-state index contributed by atoms with van der Waals surface area (Å²) >= 11 is 0. The minimum Gasteiger partial charge on any atom is -0.381 e. The van der Waals surface area contributed by atoms with Crippen molar-refractivity contribution in [2.45, 2.75) is 37.8 Å². The summed E-state index contributed by atoms with van der Waals surface area (Å²) in [4.78, 5) is 14.6. The van der Waals surface area contributed by atoms with Gasteiger partial charge in [-0.3, -0.25) is 9.69 Å². The van der Waals surface area contributed by atoms with E-state index in [0.29, 0.717) is 38.9 Å². The van der Waals surface area contributed by atoms with Crippen molar-refractivity contribution in [1.29, 1.82) is 0 Å². The Morgan fingerprint density at radius 1 is 1.23 bits per heavy atom. The van der Waals surface area contributed by atoms with Crippen LogP contribution in [0.2, 0.25) is 0 Å². The Bertz CT molecular complexity index is 846. The molecule has 2 aliphatic rings. The van der Waals surface area contributed by atoms with E-state index in [-0.39, 0.29) is 24.2 Å². The van der Waals surface area contributed by atoms with Crippen LogP contribution in [0.3, 0.4) is 0 Å². The van der Waals surface area contributed by atoms with E-state index in [1.54, 1.807) is 0 Å². The maximum Gasteiger partial charge on any atom is 0.254 e. The molecule has 1 atom stereocenters. The normalized spacial score (nSPS) is 21.7. The van der Waals surface area contributed by atoms with Gasteiger partial charge in [-0.05, 0) is 37.8 Å². The van der Waals surface area contributed by atoms with E-state index >= 15 is 0 Å². The summed E-state index contributed by atoms with van der Waals surface area (Å²) in [6.45, 7) is 3.05. The first-order valence-corrected chi connectivity index (χ1v) is 12.1. The highest BCUT2D eigenvalue weighted by atomic mass is 32.2. The first-order chi connectivity index (χ1) is 14.3. The maximum absolute atomic E-state index is 13.8. The minimum absolute atomic E-state index is 0.0519. The van der Waals surface area contributed by atoms with Gasteiger partial charge in [0.15, 0.2) is 0 Å². The summed E-state index contributed by atoms with van der Waals surface area (Å²) in [6.07, 6.45) is 4.58. The van der Waals surface area contributed by atoms with Crippen LogP contribution < -0.4 is 5.32 Å². The zero-order valence-corrected chi connectivity index (χ0v) is 18.0. The number of nitrogens with zero attached hydrogens (tertiary/aromatic N) is 2. The van der Waals surface area contributed by atoms with Crippen LogP contribution in [-0.4, -0.2) is 81.3 Å². The molecule has 2 saturated heterocycles. The van der Waals surface area contributed by atoms with Gasteiger partial charge in [-0.25, -0.2) is 21.5 Å². The first kappa shape index (κ1) is 23.1. The maximum atomic E-state index is 13.8. The average Bonchev–Trinajstić information content (AvgIpc) is 2.71. The molecular formula is C20H29F2N3O4S. The molecule has 0 radical (unpaired) electrons. The highest BCUT2D eigenvalue weighted by molar-refractivity contribution is 7.88. The number of hydrogen-bond acceptors (Lipinski definition) is 5. The number of carbonyl (C=O) groups excluding carboxylic acids is 1. The number of nitrogens with one attached hydrogen (secondary N) is 1. The van der Waals surface area contributed by atoms with Crippen LogP contribution in [0.4, 0.5) is 8.78 Å². The lowest BCUT2D eigenvalue weighted by Crippen LogP contribution is -2.55. The molecule has 1 aromatic rings. The monoisotopic (exact) mass is 445 g/mol. The smallest absolute Gasteiger partial charge is 0.254 e. The summed E-state index contributed by atoms with van der Waals surface area (Å²) in [5, 5.41) is 2.70. The van der Waals surface area contributed by atoms with Crippen LogP contribution >= 0.6 is 0 Å². The largest absolute Gasteiger partial charge is 0.381 e. The Labute approximate surface area is 176 Å². The van der Waals surface area contributed by atoms with E-state index in [1.807, 2.05) is 0 Å². The molecule has 30 heavy (non-hydrogen) atoms. The number of sulfonamides is 1. The van der Waals surface area contributed by atoms with E-state index in [1.165, 1.54) is 10.6 Å². The van der Waals surface area contributed by atoms with Gasteiger partial charge in [-0.15, -0.1) is 0 Å². The molecule has 1 aromatic carbocycles. The lowest BCUT2D eigenvalue weighted by atomic mass is 9.99. The molecule has 1 N–H and O–H groups in total. The summed E-state index contributed by atoms with van der Waals surface area (Å²) in [5.41, 5.74) is -0.199. The van der Waals surface area contributed by atoms with Gasteiger partial charge in [0.1, 0.15) is 11.6 Å². The molecule has 1 amide bonds. The molecule has 0 saturated carbocycles. The van der Waals surface area contributed by atoms with Gasteiger partial charge in [0.05, 0.1) is 11.8 Å². The second kappa shape index (κ2) is 10.1. The molecule has 3 rings (SSSR count). The van der Waals surface area contributed by atoms with Gasteiger partial charge in [0, 0.05) is 57.5 Å². The minimum atomic E-state index is -3.26. The summed E-state index contributed by atoms with van der Waals surface area (Å²) < 4.78 is 57.9. The van der Waals surface area contributed by atoms with Crippen molar-refractivity contribution in [1.82, 2.24) is 14.5 Å². The first-order valence-electron chi connectivity index (χ1n) is 10.3. The molecular weight excluding hydrogens is 416 g/mol. The van der Waals surface area contributed by atoms with E-state index in [9.17, 15) is 22.0 Å². The van der Waals surface area contributed by atoms with E-state index in [4.69, 9.17) is 4.74 Å². The Morgan fingerprint density at radius 2 is 1.97 bits per heavy atom. The molecule has 0 spiro atoms. The Kier molecular flexibility index (Phi) is 7.78. The Hall–Kier alpha value is -1.62. The van der Waals surface area contributed by atoms with Crippen molar-refractivity contribution in [3.05, 3.63) is 35.4 Å². The molecule has 0 aromatic heterocycles. The third kappa shape index (κ3) is 5.96. The molecule has 2 fully saturated rings. The van der Waals surface area contributed by atoms with Gasteiger partial charge in [0.2, 0.25) is 10.0 Å². The number of ether oxygens (including phenoxy) is 1. The van der Waals surface area contributed by atoms with Crippen LogP contribution in [-0.2, 0) is 14.8 Å². The number of benzene rings is 1. The third-order valence-electron chi connectivity index (χ3n) is 5.79. The molecule has 0 aliphatic carbocycles. The standard InChI is InChI=1S/C20H29F2N3O4S/c1-30(27,28)24-9-2-3-17(14-24)25(16-6-11-29-12-7-16)10-8-23-20(26)18-5-4-15(21)13-19(18)22/h4-5,13,16-17H,2-3,6-12,14H2,1H3,(H,23,26). The fraction of sp³-hybridized carbons (Fsp3) is 0.650.